The summed E-state index contributed by atoms with van der Waals surface area (Å²) < 4.78 is 0. The van der Waals surface area contributed by atoms with Gasteiger partial charge in [0.25, 0.3) is 0 Å². The smallest absolute Gasteiger partial charge is 0.320 e. The lowest BCUT2D eigenvalue weighted by Crippen LogP contribution is -2.47. The Bertz CT molecular complexity index is 690. The molecule has 3 heterocycles. The van der Waals surface area contributed by atoms with E-state index < -0.39 is 12.0 Å². The van der Waals surface area contributed by atoms with E-state index in [0.29, 0.717) is 12.8 Å². The molecule has 1 aliphatic heterocycles. The van der Waals surface area contributed by atoms with Gasteiger partial charge in [0, 0.05) is 36.7 Å². The van der Waals surface area contributed by atoms with E-state index in [9.17, 15) is 9.90 Å². The summed E-state index contributed by atoms with van der Waals surface area (Å²) in [5.74, 6) is -0.729. The number of piperidine rings is 1. The minimum atomic E-state index is -0.729. The van der Waals surface area contributed by atoms with Crippen LogP contribution in [0.15, 0.2) is 42.9 Å². The summed E-state index contributed by atoms with van der Waals surface area (Å²) in [6.07, 6.45) is 8.84. The number of nitrogens with zero attached hydrogens (tertiary/aromatic N) is 3. The van der Waals surface area contributed by atoms with Gasteiger partial charge >= 0.3 is 5.97 Å². The summed E-state index contributed by atoms with van der Waals surface area (Å²) in [6, 6.07) is 7.46. The van der Waals surface area contributed by atoms with E-state index >= 15 is 0 Å². The molecule has 1 N–H and O–H groups in total. The monoisotopic (exact) mass is 325 g/mol. The van der Waals surface area contributed by atoms with Gasteiger partial charge in [-0.25, -0.2) is 0 Å². The van der Waals surface area contributed by atoms with Crippen molar-refractivity contribution in [1.29, 1.82) is 0 Å². The van der Waals surface area contributed by atoms with E-state index in [1.54, 1.807) is 12.4 Å². The van der Waals surface area contributed by atoms with Gasteiger partial charge in [-0.2, -0.15) is 0 Å². The Balaban J connectivity index is 1.97. The molecule has 1 saturated heterocycles. The van der Waals surface area contributed by atoms with Crippen LogP contribution in [0.2, 0.25) is 0 Å². The Morgan fingerprint density at radius 3 is 2.92 bits per heavy atom. The van der Waals surface area contributed by atoms with Crippen molar-refractivity contribution in [3.05, 3.63) is 59.7 Å². The number of carbonyl (C=O) groups is 1. The van der Waals surface area contributed by atoms with Gasteiger partial charge in [0.05, 0.1) is 0 Å². The van der Waals surface area contributed by atoms with Gasteiger partial charge in [0.15, 0.2) is 0 Å². The summed E-state index contributed by atoms with van der Waals surface area (Å²) >= 11 is 0. The van der Waals surface area contributed by atoms with Crippen molar-refractivity contribution in [2.75, 3.05) is 6.54 Å². The molecule has 0 aliphatic carbocycles. The van der Waals surface area contributed by atoms with Crippen LogP contribution >= 0.6 is 0 Å². The summed E-state index contributed by atoms with van der Waals surface area (Å²) in [7, 11) is 0. The minimum absolute atomic E-state index is 0.00398. The van der Waals surface area contributed by atoms with Crippen LogP contribution in [0.1, 0.15) is 42.1 Å². The Kier molecular flexibility index (Phi) is 5.20. The van der Waals surface area contributed by atoms with Crippen LogP contribution in [0.4, 0.5) is 0 Å². The summed E-state index contributed by atoms with van der Waals surface area (Å²) in [5, 5.41) is 9.67. The topological polar surface area (TPSA) is 66.3 Å². The third-order valence-electron chi connectivity index (χ3n) is 4.78. The van der Waals surface area contributed by atoms with Gasteiger partial charge in [-0.3, -0.25) is 19.7 Å². The number of pyridine rings is 2. The first kappa shape index (κ1) is 16.6. The molecule has 0 bridgehead atoms. The molecule has 0 radical (unpaired) electrons. The number of aromatic nitrogens is 2. The third-order valence-corrected chi connectivity index (χ3v) is 4.78. The molecule has 1 fully saturated rings. The maximum atomic E-state index is 11.8. The number of carboxylic acids is 1. The Morgan fingerprint density at radius 1 is 1.33 bits per heavy atom. The predicted molar refractivity (Wildman–Crippen MR) is 91.6 cm³/mol. The molecule has 0 spiro atoms. The van der Waals surface area contributed by atoms with Crippen molar-refractivity contribution in [2.45, 2.75) is 44.7 Å². The zero-order valence-electron chi connectivity index (χ0n) is 13.9. The summed E-state index contributed by atoms with van der Waals surface area (Å²) in [4.78, 5) is 22.5. The Hall–Kier alpha value is -2.27. The molecule has 0 aromatic carbocycles. The first-order valence-electron chi connectivity index (χ1n) is 8.46. The van der Waals surface area contributed by atoms with Crippen molar-refractivity contribution in [1.82, 2.24) is 14.9 Å². The molecule has 2 aromatic rings. The zero-order valence-corrected chi connectivity index (χ0v) is 13.9. The molecule has 5 heteroatoms. The van der Waals surface area contributed by atoms with Crippen LogP contribution in [0.5, 0.6) is 0 Å². The lowest BCUT2D eigenvalue weighted by atomic mass is 9.92. The maximum absolute atomic E-state index is 11.8. The van der Waals surface area contributed by atoms with E-state index in [4.69, 9.17) is 0 Å². The quantitative estimate of drug-likeness (QED) is 0.915. The average molecular weight is 325 g/mol. The second-order valence-corrected chi connectivity index (χ2v) is 6.36. The number of aryl methyl sites for hydroxylation is 1. The highest BCUT2D eigenvalue weighted by atomic mass is 16.4. The molecule has 5 nitrogen and oxygen atoms in total. The van der Waals surface area contributed by atoms with E-state index in [2.05, 4.69) is 14.9 Å². The van der Waals surface area contributed by atoms with Crippen LogP contribution < -0.4 is 0 Å². The zero-order chi connectivity index (χ0) is 16.9. The van der Waals surface area contributed by atoms with Crippen LogP contribution in [0, 0.1) is 6.92 Å². The lowest BCUT2D eigenvalue weighted by Gasteiger charge is -2.39. The maximum Gasteiger partial charge on any atom is 0.320 e. The van der Waals surface area contributed by atoms with E-state index in [1.165, 1.54) is 0 Å². The molecule has 2 aromatic heterocycles. The molecule has 0 saturated carbocycles. The van der Waals surface area contributed by atoms with Gasteiger partial charge < -0.3 is 5.11 Å². The number of rotatable bonds is 5. The molecule has 24 heavy (non-hydrogen) atoms. The van der Waals surface area contributed by atoms with Gasteiger partial charge in [0.2, 0.25) is 0 Å². The normalized spacial score (nSPS) is 19.8. The van der Waals surface area contributed by atoms with Gasteiger partial charge in [-0.15, -0.1) is 0 Å². The van der Waals surface area contributed by atoms with Gasteiger partial charge in [-0.1, -0.05) is 12.5 Å². The Labute approximate surface area is 142 Å². The summed E-state index contributed by atoms with van der Waals surface area (Å²) in [6.45, 7) is 2.84. The molecular weight excluding hydrogens is 302 g/mol. The highest BCUT2D eigenvalue weighted by molar-refractivity contribution is 5.73. The molecule has 126 valence electrons. The third kappa shape index (κ3) is 3.62. The predicted octanol–water partition coefficient (Wildman–Crippen LogP) is 3.01. The highest BCUT2D eigenvalue weighted by Crippen LogP contribution is 2.32. The first-order valence-corrected chi connectivity index (χ1v) is 8.46. The van der Waals surface area contributed by atoms with Crippen LogP contribution in [0.3, 0.4) is 0 Å². The number of aliphatic carboxylic acids is 1. The first-order chi connectivity index (χ1) is 11.7. The van der Waals surface area contributed by atoms with Crippen molar-refractivity contribution in [2.24, 2.45) is 0 Å². The average Bonchev–Trinajstić information content (AvgIpc) is 2.61. The standard InChI is InChI=1S/C19H23N3O2/c1-14-13-20-10-8-16(14)18(12-15-6-2-4-9-21-15)22-11-5-3-7-17(22)19(23)24/h2,4,6,8-10,13,17-18H,3,5,7,11-12H2,1H3,(H,23,24). The fourth-order valence-electron chi connectivity index (χ4n) is 3.57. The largest absolute Gasteiger partial charge is 0.480 e. The second kappa shape index (κ2) is 7.53. The second-order valence-electron chi connectivity index (χ2n) is 6.36. The SMILES string of the molecule is Cc1cnccc1C(Cc1ccccn1)N1CCCCC1C(=O)O. The van der Waals surface area contributed by atoms with Crippen molar-refractivity contribution < 1.29 is 9.90 Å². The van der Waals surface area contributed by atoms with Gasteiger partial charge in [0.1, 0.15) is 6.04 Å². The van der Waals surface area contributed by atoms with E-state index in [0.717, 1.165) is 36.2 Å². The molecule has 2 unspecified atom stereocenters. The van der Waals surface area contributed by atoms with Crippen LogP contribution in [-0.2, 0) is 11.2 Å². The molecule has 1 aliphatic rings. The number of likely N-dealkylation sites (tertiary alicyclic amines) is 1. The number of hydrogen-bond acceptors (Lipinski definition) is 4. The van der Waals surface area contributed by atoms with Crippen LogP contribution in [0.25, 0.3) is 0 Å². The van der Waals surface area contributed by atoms with Crippen molar-refractivity contribution in [3.63, 3.8) is 0 Å². The fourth-order valence-corrected chi connectivity index (χ4v) is 3.57. The minimum Gasteiger partial charge on any atom is -0.480 e. The van der Waals surface area contributed by atoms with E-state index in [1.807, 2.05) is 37.4 Å². The lowest BCUT2D eigenvalue weighted by molar-refractivity contribution is -0.146. The number of hydrogen-bond donors (Lipinski definition) is 1. The highest BCUT2D eigenvalue weighted by Gasteiger charge is 2.34. The molecule has 3 rings (SSSR count). The number of carboxylic acid groups (broad SMARTS) is 1. The van der Waals surface area contributed by atoms with E-state index in [-0.39, 0.29) is 6.04 Å². The van der Waals surface area contributed by atoms with Crippen molar-refractivity contribution in [3.8, 4) is 0 Å². The van der Waals surface area contributed by atoms with Crippen molar-refractivity contribution >= 4 is 5.97 Å². The Morgan fingerprint density at radius 2 is 2.21 bits per heavy atom. The molecular formula is C19H23N3O2. The van der Waals surface area contributed by atoms with Gasteiger partial charge in [-0.05, 0) is 55.6 Å². The molecule has 2 atom stereocenters. The fraction of sp³-hybridized carbons (Fsp3) is 0.421. The van der Waals surface area contributed by atoms with Crippen LogP contribution in [-0.4, -0.2) is 38.5 Å². The summed E-state index contributed by atoms with van der Waals surface area (Å²) in [5.41, 5.74) is 3.21. The molecule has 0 amide bonds.